The minimum atomic E-state index is -3.86. The van der Waals surface area contributed by atoms with Crippen LogP contribution in [0.25, 0.3) is 6.08 Å². The van der Waals surface area contributed by atoms with Crippen LogP contribution >= 0.6 is 11.6 Å². The predicted molar refractivity (Wildman–Crippen MR) is 111 cm³/mol. The van der Waals surface area contributed by atoms with Crippen LogP contribution in [0.5, 0.6) is 0 Å². The van der Waals surface area contributed by atoms with Gasteiger partial charge in [-0.1, -0.05) is 54.1 Å². The molecule has 28 heavy (non-hydrogen) atoms. The van der Waals surface area contributed by atoms with E-state index in [1.165, 1.54) is 16.4 Å². The van der Waals surface area contributed by atoms with Crippen LogP contribution in [0.1, 0.15) is 24.8 Å². The minimum absolute atomic E-state index is 0.109. The highest BCUT2D eigenvalue weighted by Crippen LogP contribution is 2.24. The maximum absolute atomic E-state index is 13.3. The molecule has 148 valence electrons. The summed E-state index contributed by atoms with van der Waals surface area (Å²) in [5.41, 5.74) is 0.969. The van der Waals surface area contributed by atoms with Crippen molar-refractivity contribution < 1.29 is 13.2 Å². The van der Waals surface area contributed by atoms with Gasteiger partial charge in [0.15, 0.2) is 0 Å². The van der Waals surface area contributed by atoms with E-state index in [1.54, 1.807) is 18.2 Å². The molecule has 0 aliphatic carbocycles. The van der Waals surface area contributed by atoms with Crippen molar-refractivity contribution in [3.63, 3.8) is 0 Å². The molecule has 7 heteroatoms. The van der Waals surface area contributed by atoms with Gasteiger partial charge in [0.25, 0.3) is 0 Å². The van der Waals surface area contributed by atoms with Crippen molar-refractivity contribution in [2.24, 2.45) is 0 Å². The molecule has 0 radical (unpaired) electrons. The average molecular weight is 419 g/mol. The molecular formula is C21H23ClN2O3S. The van der Waals surface area contributed by atoms with Gasteiger partial charge in [-0.3, -0.25) is 4.79 Å². The lowest BCUT2D eigenvalue weighted by Gasteiger charge is -2.28. The van der Waals surface area contributed by atoms with E-state index in [9.17, 15) is 13.2 Å². The number of sulfonamides is 1. The van der Waals surface area contributed by atoms with Crippen molar-refractivity contribution in [3.05, 3.63) is 71.3 Å². The van der Waals surface area contributed by atoms with Gasteiger partial charge in [0.2, 0.25) is 15.9 Å². The second-order valence-electron chi connectivity index (χ2n) is 6.64. The average Bonchev–Trinajstić information content (AvgIpc) is 2.90. The Hall–Kier alpha value is -2.15. The molecule has 1 unspecified atom stereocenters. The molecule has 1 atom stereocenters. The molecule has 2 aromatic rings. The lowest BCUT2D eigenvalue weighted by Crippen LogP contribution is -2.48. The first-order valence-electron chi connectivity index (χ1n) is 9.25. The SMILES string of the molecule is O=C1NCCCCC1N(C/C=C/c1ccccc1)S(=O)(=O)c1ccc(Cl)cc1. The van der Waals surface area contributed by atoms with Gasteiger partial charge >= 0.3 is 0 Å². The Balaban J connectivity index is 1.92. The summed E-state index contributed by atoms with van der Waals surface area (Å²) < 4.78 is 27.9. The highest BCUT2D eigenvalue weighted by molar-refractivity contribution is 7.89. The largest absolute Gasteiger partial charge is 0.355 e. The zero-order chi connectivity index (χ0) is 20.0. The summed E-state index contributed by atoms with van der Waals surface area (Å²) in [4.78, 5) is 12.7. The molecule has 5 nitrogen and oxygen atoms in total. The van der Waals surface area contributed by atoms with Gasteiger partial charge in [0.05, 0.1) is 4.90 Å². The number of nitrogens with zero attached hydrogens (tertiary/aromatic N) is 1. The van der Waals surface area contributed by atoms with Crippen LogP contribution in [-0.2, 0) is 14.8 Å². The summed E-state index contributed by atoms with van der Waals surface area (Å²) in [6.07, 6.45) is 5.77. The Morgan fingerprint density at radius 1 is 1.07 bits per heavy atom. The van der Waals surface area contributed by atoms with E-state index >= 15 is 0 Å². The molecule has 1 saturated heterocycles. The molecule has 1 amide bonds. The fourth-order valence-corrected chi connectivity index (χ4v) is 4.88. The first-order valence-corrected chi connectivity index (χ1v) is 11.1. The lowest BCUT2D eigenvalue weighted by atomic mass is 10.1. The third-order valence-electron chi connectivity index (χ3n) is 4.67. The van der Waals surface area contributed by atoms with Crippen LogP contribution in [0.2, 0.25) is 5.02 Å². The monoisotopic (exact) mass is 418 g/mol. The second kappa shape index (κ2) is 9.37. The van der Waals surface area contributed by atoms with Crippen molar-refractivity contribution in [1.29, 1.82) is 0 Å². The highest BCUT2D eigenvalue weighted by atomic mass is 35.5. The van der Waals surface area contributed by atoms with E-state index in [-0.39, 0.29) is 17.3 Å². The van der Waals surface area contributed by atoms with E-state index in [4.69, 9.17) is 11.6 Å². The van der Waals surface area contributed by atoms with Crippen LogP contribution in [0, 0.1) is 0 Å². The number of carbonyl (C=O) groups is 1. The third-order valence-corrected chi connectivity index (χ3v) is 6.81. The van der Waals surface area contributed by atoms with E-state index in [1.807, 2.05) is 36.4 Å². The number of carbonyl (C=O) groups excluding carboxylic acids is 1. The van der Waals surface area contributed by atoms with Crippen molar-refractivity contribution >= 4 is 33.6 Å². The summed E-state index contributed by atoms with van der Waals surface area (Å²) in [6.45, 7) is 0.683. The van der Waals surface area contributed by atoms with Crippen molar-refractivity contribution in [3.8, 4) is 0 Å². The van der Waals surface area contributed by atoms with E-state index < -0.39 is 16.1 Å². The first kappa shape index (κ1) is 20.6. The fraction of sp³-hybridized carbons (Fsp3) is 0.286. The van der Waals surface area contributed by atoms with Gasteiger partial charge in [-0.2, -0.15) is 4.31 Å². The molecule has 1 aliphatic rings. The summed E-state index contributed by atoms with van der Waals surface area (Å²) in [5, 5.41) is 3.29. The molecule has 2 aromatic carbocycles. The van der Waals surface area contributed by atoms with Gasteiger partial charge in [0.1, 0.15) is 6.04 Å². The Morgan fingerprint density at radius 2 is 1.79 bits per heavy atom. The molecule has 3 rings (SSSR count). The normalized spacial score (nSPS) is 18.2. The van der Waals surface area contributed by atoms with Crippen LogP contribution < -0.4 is 5.32 Å². The summed E-state index contributed by atoms with van der Waals surface area (Å²) in [7, 11) is -3.86. The summed E-state index contributed by atoms with van der Waals surface area (Å²) in [6, 6.07) is 14.9. The number of nitrogens with one attached hydrogen (secondary N) is 1. The van der Waals surface area contributed by atoms with E-state index in [2.05, 4.69) is 5.32 Å². The highest BCUT2D eigenvalue weighted by Gasteiger charge is 2.35. The Labute approximate surface area is 171 Å². The predicted octanol–water partition coefficient (Wildman–Crippen LogP) is 3.71. The van der Waals surface area contributed by atoms with Crippen LogP contribution in [0.3, 0.4) is 0 Å². The van der Waals surface area contributed by atoms with Crippen LogP contribution in [-0.4, -0.2) is 37.8 Å². The molecule has 1 aliphatic heterocycles. The number of amides is 1. The number of benzene rings is 2. The number of rotatable bonds is 6. The maximum Gasteiger partial charge on any atom is 0.244 e. The van der Waals surface area contributed by atoms with Gasteiger partial charge in [-0.15, -0.1) is 0 Å². The second-order valence-corrected chi connectivity index (χ2v) is 8.97. The zero-order valence-corrected chi connectivity index (χ0v) is 17.0. The maximum atomic E-state index is 13.3. The lowest BCUT2D eigenvalue weighted by molar-refractivity contribution is -0.124. The van der Waals surface area contributed by atoms with Crippen LogP contribution in [0.15, 0.2) is 65.6 Å². The van der Waals surface area contributed by atoms with Crippen LogP contribution in [0.4, 0.5) is 0 Å². The number of halogens is 1. The minimum Gasteiger partial charge on any atom is -0.355 e. The van der Waals surface area contributed by atoms with Gasteiger partial charge in [-0.05, 0) is 49.1 Å². The molecule has 0 aromatic heterocycles. The van der Waals surface area contributed by atoms with E-state index in [0.29, 0.717) is 18.0 Å². The summed E-state index contributed by atoms with van der Waals surface area (Å²) in [5.74, 6) is -0.247. The molecule has 0 bridgehead atoms. The molecule has 0 spiro atoms. The van der Waals surface area contributed by atoms with Gasteiger partial charge in [0, 0.05) is 18.1 Å². The molecule has 1 heterocycles. The molecular weight excluding hydrogens is 396 g/mol. The summed E-state index contributed by atoms with van der Waals surface area (Å²) >= 11 is 5.90. The van der Waals surface area contributed by atoms with Gasteiger partial charge in [-0.25, -0.2) is 8.42 Å². The van der Waals surface area contributed by atoms with Gasteiger partial charge < -0.3 is 5.32 Å². The standard InChI is InChI=1S/C21H23ClN2O3S/c22-18-11-13-19(14-12-18)28(26,27)24(20-10-4-5-15-23-21(20)25)16-6-9-17-7-2-1-3-8-17/h1-3,6-9,11-14,20H,4-5,10,15-16H2,(H,23,25)/b9-6+. The molecule has 1 fully saturated rings. The Bertz CT molecular complexity index is 928. The molecule has 1 N–H and O–H groups in total. The van der Waals surface area contributed by atoms with Crippen molar-refractivity contribution in [2.45, 2.75) is 30.2 Å². The Kier molecular flexibility index (Phi) is 6.88. The zero-order valence-electron chi connectivity index (χ0n) is 15.4. The number of hydrogen-bond donors (Lipinski definition) is 1. The van der Waals surface area contributed by atoms with Crippen molar-refractivity contribution in [1.82, 2.24) is 9.62 Å². The Morgan fingerprint density at radius 3 is 2.50 bits per heavy atom. The molecule has 0 saturated carbocycles. The number of hydrogen-bond acceptors (Lipinski definition) is 3. The smallest absolute Gasteiger partial charge is 0.244 e. The quantitative estimate of drug-likeness (QED) is 0.777. The third kappa shape index (κ3) is 5.01. The topological polar surface area (TPSA) is 66.5 Å². The first-order chi connectivity index (χ1) is 13.5. The van der Waals surface area contributed by atoms with E-state index in [0.717, 1.165) is 18.4 Å². The fourth-order valence-electron chi connectivity index (χ4n) is 3.19. The van der Waals surface area contributed by atoms with Crippen molar-refractivity contribution in [2.75, 3.05) is 13.1 Å².